The maximum atomic E-state index is 13.7. The number of carbonyl (C=O) groups excluding carboxylic acids is 1. The van der Waals surface area contributed by atoms with Crippen LogP contribution in [0.3, 0.4) is 0 Å². The van der Waals surface area contributed by atoms with Crippen molar-refractivity contribution in [2.45, 2.75) is 37.8 Å². The second-order valence-corrected chi connectivity index (χ2v) is 5.63. The molecule has 1 aromatic carbocycles. The summed E-state index contributed by atoms with van der Waals surface area (Å²) in [5.74, 6) is -1.24. The van der Waals surface area contributed by atoms with Crippen LogP contribution in [0.2, 0.25) is 0 Å². The smallest absolute Gasteiger partial charge is 0.254 e. The second kappa shape index (κ2) is 5.40. The van der Waals surface area contributed by atoms with Gasteiger partial charge in [-0.3, -0.25) is 9.69 Å². The monoisotopic (exact) mass is 278 g/mol. The molecule has 0 aromatic heterocycles. The summed E-state index contributed by atoms with van der Waals surface area (Å²) in [4.78, 5) is 14.6. The molecule has 108 valence electrons. The van der Waals surface area contributed by atoms with Crippen molar-refractivity contribution in [1.29, 1.82) is 0 Å². The van der Waals surface area contributed by atoms with Crippen LogP contribution in [0.15, 0.2) is 18.2 Å². The zero-order valence-corrected chi connectivity index (χ0v) is 11.3. The third kappa shape index (κ3) is 2.50. The van der Waals surface area contributed by atoms with Crippen molar-refractivity contribution in [3.05, 3.63) is 29.6 Å². The van der Waals surface area contributed by atoms with E-state index in [1.165, 1.54) is 25.0 Å². The molecule has 2 N–H and O–H groups in total. The largest absolute Gasteiger partial charge is 0.508 e. The van der Waals surface area contributed by atoms with Crippen molar-refractivity contribution in [2.24, 2.45) is 0 Å². The van der Waals surface area contributed by atoms with Crippen LogP contribution in [0.25, 0.3) is 0 Å². The van der Waals surface area contributed by atoms with Crippen LogP contribution >= 0.6 is 0 Å². The van der Waals surface area contributed by atoms with Crippen molar-refractivity contribution >= 4 is 5.91 Å². The average Bonchev–Trinajstić information content (AvgIpc) is 2.82. The summed E-state index contributed by atoms with van der Waals surface area (Å²) in [6, 6.07) is 4.13. The standard InChI is InChI=1S/C15H19FN2O2/c16-12-9-10(19)4-5-11(12)15(20)17-13-6-8-18-7-2-1-3-14(13)18/h4-5,9,13-14,19H,1-3,6-8H2,(H,17,20). The Morgan fingerprint density at radius 1 is 1.30 bits per heavy atom. The van der Waals surface area contributed by atoms with E-state index in [1.807, 2.05) is 0 Å². The molecule has 0 saturated carbocycles. The van der Waals surface area contributed by atoms with E-state index in [9.17, 15) is 14.3 Å². The van der Waals surface area contributed by atoms with Gasteiger partial charge in [-0.05, 0) is 37.9 Å². The van der Waals surface area contributed by atoms with Crippen molar-refractivity contribution in [3.63, 3.8) is 0 Å². The number of hydrogen-bond donors (Lipinski definition) is 2. The molecule has 2 saturated heterocycles. The summed E-state index contributed by atoms with van der Waals surface area (Å²) in [5.41, 5.74) is -0.00272. The van der Waals surface area contributed by atoms with E-state index in [2.05, 4.69) is 10.2 Å². The summed E-state index contributed by atoms with van der Waals surface area (Å²) >= 11 is 0. The summed E-state index contributed by atoms with van der Waals surface area (Å²) in [6.45, 7) is 2.11. The number of benzene rings is 1. The number of aromatic hydroxyl groups is 1. The third-order valence-corrected chi connectivity index (χ3v) is 4.37. The molecule has 2 unspecified atom stereocenters. The third-order valence-electron chi connectivity index (χ3n) is 4.37. The van der Waals surface area contributed by atoms with Gasteiger partial charge in [-0.1, -0.05) is 6.42 Å². The molecule has 1 aromatic rings. The number of nitrogens with zero attached hydrogens (tertiary/aromatic N) is 1. The predicted molar refractivity (Wildman–Crippen MR) is 73.1 cm³/mol. The molecular formula is C15H19FN2O2. The van der Waals surface area contributed by atoms with E-state index in [1.54, 1.807) is 0 Å². The number of nitrogens with one attached hydrogen (secondary N) is 1. The fourth-order valence-corrected chi connectivity index (χ4v) is 3.35. The number of halogens is 1. The molecule has 3 rings (SSSR count). The van der Waals surface area contributed by atoms with E-state index < -0.39 is 5.82 Å². The van der Waals surface area contributed by atoms with Gasteiger partial charge < -0.3 is 10.4 Å². The van der Waals surface area contributed by atoms with Crippen LogP contribution < -0.4 is 5.32 Å². The van der Waals surface area contributed by atoms with Crippen LogP contribution in [-0.4, -0.2) is 41.1 Å². The summed E-state index contributed by atoms with van der Waals surface area (Å²) in [6.07, 6.45) is 4.45. The Hall–Kier alpha value is -1.62. The normalized spacial score (nSPS) is 26.2. The first-order valence-electron chi connectivity index (χ1n) is 7.18. The van der Waals surface area contributed by atoms with Gasteiger partial charge in [0.05, 0.1) is 5.56 Å². The highest BCUT2D eigenvalue weighted by atomic mass is 19.1. The van der Waals surface area contributed by atoms with Gasteiger partial charge in [-0.2, -0.15) is 0 Å². The Balaban J connectivity index is 1.69. The minimum absolute atomic E-state index is 0.00272. The first-order valence-corrected chi connectivity index (χ1v) is 7.18. The SMILES string of the molecule is O=C(NC1CCN2CCCCC12)c1ccc(O)cc1F. The predicted octanol–water partition coefficient (Wildman–Crippen LogP) is 1.89. The van der Waals surface area contributed by atoms with Crippen LogP contribution in [0.4, 0.5) is 4.39 Å². The Bertz CT molecular complexity index is 521. The van der Waals surface area contributed by atoms with Crippen LogP contribution in [0, 0.1) is 5.82 Å². The van der Waals surface area contributed by atoms with Crippen molar-refractivity contribution in [2.75, 3.05) is 13.1 Å². The first-order chi connectivity index (χ1) is 9.65. The average molecular weight is 278 g/mol. The number of rotatable bonds is 2. The Morgan fingerprint density at radius 3 is 2.95 bits per heavy atom. The molecule has 4 nitrogen and oxygen atoms in total. The first kappa shape index (κ1) is 13.4. The molecule has 0 bridgehead atoms. The van der Waals surface area contributed by atoms with Gasteiger partial charge in [-0.25, -0.2) is 4.39 Å². The number of hydrogen-bond acceptors (Lipinski definition) is 3. The molecular weight excluding hydrogens is 259 g/mol. The number of carbonyl (C=O) groups is 1. The Kier molecular flexibility index (Phi) is 3.61. The zero-order valence-electron chi connectivity index (χ0n) is 11.3. The van der Waals surface area contributed by atoms with Crippen LogP contribution in [0.1, 0.15) is 36.0 Å². The molecule has 2 fully saturated rings. The highest BCUT2D eigenvalue weighted by Crippen LogP contribution is 2.27. The molecule has 0 spiro atoms. The lowest BCUT2D eigenvalue weighted by Crippen LogP contribution is -2.46. The van der Waals surface area contributed by atoms with E-state index in [4.69, 9.17) is 0 Å². The molecule has 2 aliphatic rings. The molecule has 2 aliphatic heterocycles. The van der Waals surface area contributed by atoms with Gasteiger partial charge in [0.2, 0.25) is 0 Å². The molecule has 5 heteroatoms. The van der Waals surface area contributed by atoms with E-state index in [0.29, 0.717) is 6.04 Å². The highest BCUT2D eigenvalue weighted by Gasteiger charge is 2.36. The van der Waals surface area contributed by atoms with E-state index in [-0.39, 0.29) is 23.3 Å². The van der Waals surface area contributed by atoms with Crippen molar-refractivity contribution in [1.82, 2.24) is 10.2 Å². The molecule has 0 radical (unpaired) electrons. The molecule has 20 heavy (non-hydrogen) atoms. The summed E-state index contributed by atoms with van der Waals surface area (Å²) < 4.78 is 13.7. The van der Waals surface area contributed by atoms with Gasteiger partial charge >= 0.3 is 0 Å². The molecule has 0 aliphatic carbocycles. The van der Waals surface area contributed by atoms with E-state index in [0.717, 1.165) is 32.0 Å². The van der Waals surface area contributed by atoms with Crippen LogP contribution in [-0.2, 0) is 0 Å². The van der Waals surface area contributed by atoms with Gasteiger partial charge in [0.1, 0.15) is 11.6 Å². The van der Waals surface area contributed by atoms with Gasteiger partial charge in [0.25, 0.3) is 5.91 Å². The lowest BCUT2D eigenvalue weighted by atomic mass is 9.99. The topological polar surface area (TPSA) is 52.6 Å². The Morgan fingerprint density at radius 2 is 2.15 bits per heavy atom. The van der Waals surface area contributed by atoms with Gasteiger partial charge in [0, 0.05) is 24.7 Å². The molecule has 2 heterocycles. The number of phenolic OH excluding ortho intramolecular Hbond substituents is 1. The Labute approximate surface area is 117 Å². The molecule has 1 amide bonds. The lowest BCUT2D eigenvalue weighted by Gasteiger charge is -2.32. The van der Waals surface area contributed by atoms with E-state index >= 15 is 0 Å². The van der Waals surface area contributed by atoms with Crippen LogP contribution in [0.5, 0.6) is 5.75 Å². The fraction of sp³-hybridized carbons (Fsp3) is 0.533. The quantitative estimate of drug-likeness (QED) is 0.868. The summed E-state index contributed by atoms with van der Waals surface area (Å²) in [7, 11) is 0. The van der Waals surface area contributed by atoms with Gasteiger partial charge in [0.15, 0.2) is 0 Å². The summed E-state index contributed by atoms with van der Waals surface area (Å²) in [5, 5.41) is 12.1. The lowest BCUT2D eigenvalue weighted by molar-refractivity contribution is 0.0911. The maximum absolute atomic E-state index is 13.7. The number of fused-ring (bicyclic) bond motifs is 1. The highest BCUT2D eigenvalue weighted by molar-refractivity contribution is 5.94. The minimum atomic E-state index is -0.680. The van der Waals surface area contributed by atoms with Crippen molar-refractivity contribution in [3.8, 4) is 5.75 Å². The van der Waals surface area contributed by atoms with Crippen molar-refractivity contribution < 1.29 is 14.3 Å². The van der Waals surface area contributed by atoms with Gasteiger partial charge in [-0.15, -0.1) is 0 Å². The number of phenols is 1. The minimum Gasteiger partial charge on any atom is -0.508 e. The fourth-order valence-electron chi connectivity index (χ4n) is 3.35. The second-order valence-electron chi connectivity index (χ2n) is 5.63. The molecule has 2 atom stereocenters. The number of amides is 1. The number of piperidine rings is 1. The zero-order chi connectivity index (χ0) is 14.1. The maximum Gasteiger partial charge on any atom is 0.254 e.